The molecular weight excluding hydrogens is 311 g/mol. The molecule has 0 aliphatic rings. The lowest BCUT2D eigenvalue weighted by atomic mass is 10.2. The molecule has 0 radical (unpaired) electrons. The number of benzene rings is 2. The largest absolute Gasteiger partial charge is 0.491 e. The quantitative estimate of drug-likeness (QED) is 0.807. The van der Waals surface area contributed by atoms with Gasteiger partial charge in [-0.15, -0.1) is 0 Å². The first-order valence-corrected chi connectivity index (χ1v) is 7.08. The van der Waals surface area contributed by atoms with Crippen molar-refractivity contribution in [1.82, 2.24) is 0 Å². The molecule has 2 aromatic rings. The summed E-state index contributed by atoms with van der Waals surface area (Å²) >= 11 is 11.0. The Morgan fingerprint density at radius 3 is 2.67 bits per heavy atom. The number of nitrogens with two attached hydrogens (primary N) is 1. The van der Waals surface area contributed by atoms with Crippen LogP contribution in [0.15, 0.2) is 36.4 Å². The van der Waals surface area contributed by atoms with Gasteiger partial charge in [-0.3, -0.25) is 0 Å². The molecule has 0 aliphatic carbocycles. The van der Waals surface area contributed by atoms with Gasteiger partial charge >= 0.3 is 0 Å². The van der Waals surface area contributed by atoms with Gasteiger partial charge in [-0.25, -0.2) is 4.39 Å². The Morgan fingerprint density at radius 1 is 1.33 bits per heavy atom. The summed E-state index contributed by atoms with van der Waals surface area (Å²) in [6, 6.07) is 9.79. The molecule has 0 fully saturated rings. The minimum Gasteiger partial charge on any atom is -0.491 e. The molecule has 6 heteroatoms. The van der Waals surface area contributed by atoms with Crippen molar-refractivity contribution in [3.05, 3.63) is 52.8 Å². The molecule has 0 bridgehead atoms. The summed E-state index contributed by atoms with van der Waals surface area (Å²) in [5.41, 5.74) is 7.43. The van der Waals surface area contributed by atoms with Crippen molar-refractivity contribution >= 4 is 40.2 Å². The normalized spacial score (nSPS) is 10.2. The molecule has 3 N–H and O–H groups in total. The highest BCUT2D eigenvalue weighted by atomic mass is 35.5. The van der Waals surface area contributed by atoms with E-state index in [9.17, 15) is 4.39 Å². The third-order valence-electron chi connectivity index (χ3n) is 2.76. The minimum atomic E-state index is -0.433. The molecule has 0 aliphatic heterocycles. The Bertz CT molecular complexity index is 679. The molecule has 3 nitrogen and oxygen atoms in total. The molecule has 110 valence electrons. The van der Waals surface area contributed by atoms with Crippen LogP contribution in [0.5, 0.6) is 5.75 Å². The summed E-state index contributed by atoms with van der Waals surface area (Å²) in [5, 5.41) is 3.49. The first-order chi connectivity index (χ1) is 10.0. The second-order valence-electron chi connectivity index (χ2n) is 4.26. The molecule has 21 heavy (non-hydrogen) atoms. The summed E-state index contributed by atoms with van der Waals surface area (Å²) in [5.74, 6) is -0.212. The SMILES string of the molecule is CCOc1ccc(Nc2ccc(C(N)=S)cc2Cl)cc1F. The predicted octanol–water partition coefficient (Wildman–Crippen LogP) is 4.26. The zero-order valence-corrected chi connectivity index (χ0v) is 12.9. The topological polar surface area (TPSA) is 47.3 Å². The maximum Gasteiger partial charge on any atom is 0.167 e. The van der Waals surface area contributed by atoms with Crippen molar-refractivity contribution in [2.75, 3.05) is 11.9 Å². The van der Waals surface area contributed by atoms with E-state index in [1.807, 2.05) is 0 Å². The Balaban J connectivity index is 2.22. The van der Waals surface area contributed by atoms with Gasteiger partial charge in [0, 0.05) is 17.3 Å². The number of anilines is 2. The lowest BCUT2D eigenvalue weighted by Crippen LogP contribution is -2.09. The van der Waals surface area contributed by atoms with Crippen LogP contribution in [0, 0.1) is 5.82 Å². The smallest absolute Gasteiger partial charge is 0.167 e. The number of thiocarbonyl (C=S) groups is 1. The molecule has 0 saturated heterocycles. The second-order valence-corrected chi connectivity index (χ2v) is 5.11. The van der Waals surface area contributed by atoms with Crippen molar-refractivity contribution in [1.29, 1.82) is 0 Å². The zero-order chi connectivity index (χ0) is 15.4. The summed E-state index contributed by atoms with van der Waals surface area (Å²) in [6.45, 7) is 2.21. The highest BCUT2D eigenvalue weighted by Crippen LogP contribution is 2.28. The van der Waals surface area contributed by atoms with E-state index < -0.39 is 5.82 Å². The molecule has 2 rings (SSSR count). The summed E-state index contributed by atoms with van der Waals surface area (Å²) in [4.78, 5) is 0.274. The third-order valence-corrected chi connectivity index (χ3v) is 3.31. The Morgan fingerprint density at radius 2 is 2.10 bits per heavy atom. The van der Waals surface area contributed by atoms with Gasteiger partial charge in [0.15, 0.2) is 11.6 Å². The van der Waals surface area contributed by atoms with Crippen molar-refractivity contribution in [3.8, 4) is 5.75 Å². The van der Waals surface area contributed by atoms with Crippen LogP contribution in [-0.2, 0) is 0 Å². The molecule has 0 heterocycles. The summed E-state index contributed by atoms with van der Waals surface area (Å²) < 4.78 is 18.9. The monoisotopic (exact) mass is 324 g/mol. The van der Waals surface area contributed by atoms with E-state index in [0.29, 0.717) is 28.6 Å². The van der Waals surface area contributed by atoms with Gasteiger partial charge in [0.1, 0.15) is 4.99 Å². The first kappa shape index (κ1) is 15.5. The molecule has 2 aromatic carbocycles. The second kappa shape index (κ2) is 6.74. The predicted molar refractivity (Wildman–Crippen MR) is 88.2 cm³/mol. The Kier molecular flexibility index (Phi) is 4.98. The van der Waals surface area contributed by atoms with Crippen LogP contribution in [0.4, 0.5) is 15.8 Å². The fourth-order valence-corrected chi connectivity index (χ4v) is 2.13. The van der Waals surface area contributed by atoms with Crippen molar-refractivity contribution in [3.63, 3.8) is 0 Å². The highest BCUT2D eigenvalue weighted by Gasteiger charge is 2.07. The van der Waals surface area contributed by atoms with Gasteiger partial charge in [0.25, 0.3) is 0 Å². The van der Waals surface area contributed by atoms with E-state index in [2.05, 4.69) is 5.32 Å². The van der Waals surface area contributed by atoms with Crippen molar-refractivity contribution < 1.29 is 9.13 Å². The van der Waals surface area contributed by atoms with Gasteiger partial charge in [-0.05, 0) is 37.3 Å². The number of hydrogen-bond donors (Lipinski definition) is 2. The average Bonchev–Trinajstić information content (AvgIpc) is 2.44. The van der Waals surface area contributed by atoms with Crippen molar-refractivity contribution in [2.45, 2.75) is 6.92 Å². The molecule has 0 unspecified atom stereocenters. The Hall–Kier alpha value is -1.85. The molecule has 0 aromatic heterocycles. The van der Waals surface area contributed by atoms with Crippen LogP contribution in [0.1, 0.15) is 12.5 Å². The zero-order valence-electron chi connectivity index (χ0n) is 11.3. The third kappa shape index (κ3) is 3.83. The molecular formula is C15H14ClFN2OS. The van der Waals surface area contributed by atoms with E-state index in [1.54, 1.807) is 37.3 Å². The number of nitrogens with one attached hydrogen (secondary N) is 1. The van der Waals surface area contributed by atoms with Crippen molar-refractivity contribution in [2.24, 2.45) is 5.73 Å². The van der Waals surface area contributed by atoms with E-state index in [1.165, 1.54) is 6.07 Å². The standard InChI is InChI=1S/C15H14ClFN2OS/c1-2-20-14-6-4-10(8-12(14)17)19-13-5-3-9(15(18)21)7-11(13)16/h3-8,19H,2H2,1H3,(H2,18,21). The van der Waals surface area contributed by atoms with Crippen LogP contribution < -0.4 is 15.8 Å². The fourth-order valence-electron chi connectivity index (χ4n) is 1.78. The number of halogens is 2. The number of hydrogen-bond acceptors (Lipinski definition) is 3. The van der Waals surface area contributed by atoms with Crippen LogP contribution in [0.25, 0.3) is 0 Å². The fraction of sp³-hybridized carbons (Fsp3) is 0.133. The van der Waals surface area contributed by atoms with Gasteiger partial charge < -0.3 is 15.8 Å². The van der Waals surface area contributed by atoms with E-state index in [0.717, 1.165) is 0 Å². The summed E-state index contributed by atoms with van der Waals surface area (Å²) in [6.07, 6.45) is 0. The minimum absolute atomic E-state index is 0.220. The van der Waals surface area contributed by atoms with Gasteiger partial charge in [0.2, 0.25) is 0 Å². The highest BCUT2D eigenvalue weighted by molar-refractivity contribution is 7.80. The molecule has 0 saturated carbocycles. The molecule has 0 spiro atoms. The van der Waals surface area contributed by atoms with Crippen LogP contribution in [0.3, 0.4) is 0 Å². The van der Waals surface area contributed by atoms with Crippen LogP contribution >= 0.6 is 23.8 Å². The van der Waals surface area contributed by atoms with Gasteiger partial charge in [-0.2, -0.15) is 0 Å². The number of ether oxygens (including phenoxy) is 1. The maximum absolute atomic E-state index is 13.8. The lowest BCUT2D eigenvalue weighted by Gasteiger charge is -2.11. The number of rotatable bonds is 5. The van der Waals surface area contributed by atoms with Gasteiger partial charge in [0.05, 0.1) is 17.3 Å². The van der Waals surface area contributed by atoms with Gasteiger partial charge in [-0.1, -0.05) is 23.8 Å². The average molecular weight is 325 g/mol. The molecule has 0 amide bonds. The van der Waals surface area contributed by atoms with E-state index in [4.69, 9.17) is 34.3 Å². The first-order valence-electron chi connectivity index (χ1n) is 6.30. The summed E-state index contributed by atoms with van der Waals surface area (Å²) in [7, 11) is 0. The lowest BCUT2D eigenvalue weighted by molar-refractivity contribution is 0.321. The Labute approximate surface area is 132 Å². The van der Waals surface area contributed by atoms with E-state index >= 15 is 0 Å². The van der Waals surface area contributed by atoms with Crippen LogP contribution in [0.2, 0.25) is 5.02 Å². The van der Waals surface area contributed by atoms with E-state index in [-0.39, 0.29) is 10.7 Å². The maximum atomic E-state index is 13.8. The van der Waals surface area contributed by atoms with Crippen LogP contribution in [-0.4, -0.2) is 11.6 Å². The molecule has 0 atom stereocenters.